The van der Waals surface area contributed by atoms with Crippen molar-refractivity contribution in [2.24, 2.45) is 0 Å². The van der Waals surface area contributed by atoms with Crippen LogP contribution < -0.4 is 19.5 Å². The summed E-state index contributed by atoms with van der Waals surface area (Å²) in [5.74, 6) is 2.45. The van der Waals surface area contributed by atoms with Gasteiger partial charge in [0.15, 0.2) is 11.5 Å². The number of amides is 1. The van der Waals surface area contributed by atoms with Gasteiger partial charge in [-0.25, -0.2) is 4.98 Å². The number of carbonyl (C=O) groups is 1. The van der Waals surface area contributed by atoms with Gasteiger partial charge in [-0.2, -0.15) is 0 Å². The van der Waals surface area contributed by atoms with Gasteiger partial charge in [-0.05, 0) is 48.0 Å². The molecular formula is C25H25N3O4. The van der Waals surface area contributed by atoms with Crippen molar-refractivity contribution in [3.05, 3.63) is 83.7 Å². The third-order valence-corrected chi connectivity index (χ3v) is 5.29. The van der Waals surface area contributed by atoms with Crippen molar-refractivity contribution in [3.63, 3.8) is 0 Å². The van der Waals surface area contributed by atoms with Gasteiger partial charge in [0.05, 0.1) is 38.9 Å². The minimum atomic E-state index is -0.214. The molecule has 7 heteroatoms. The van der Waals surface area contributed by atoms with Crippen molar-refractivity contribution in [2.45, 2.75) is 13.1 Å². The van der Waals surface area contributed by atoms with Crippen LogP contribution in [0, 0.1) is 0 Å². The number of nitrogens with one attached hydrogen (secondary N) is 1. The molecule has 7 nitrogen and oxygen atoms in total. The van der Waals surface area contributed by atoms with Gasteiger partial charge in [0.2, 0.25) is 0 Å². The maximum Gasteiger partial charge on any atom is 0.251 e. The summed E-state index contributed by atoms with van der Waals surface area (Å²) in [4.78, 5) is 17.5. The van der Waals surface area contributed by atoms with Crippen molar-refractivity contribution >= 4 is 16.9 Å². The zero-order chi connectivity index (χ0) is 22.5. The maximum atomic E-state index is 12.8. The lowest BCUT2D eigenvalue weighted by Gasteiger charge is -2.12. The molecule has 0 aliphatic heterocycles. The van der Waals surface area contributed by atoms with E-state index in [0.717, 1.165) is 28.2 Å². The molecule has 0 spiro atoms. The quantitative estimate of drug-likeness (QED) is 0.456. The van der Waals surface area contributed by atoms with Crippen LogP contribution in [0.4, 0.5) is 0 Å². The van der Waals surface area contributed by atoms with Gasteiger partial charge in [0.1, 0.15) is 11.6 Å². The molecule has 0 aliphatic carbocycles. The van der Waals surface area contributed by atoms with Crippen LogP contribution in [-0.2, 0) is 13.1 Å². The number of imidazole rings is 1. The van der Waals surface area contributed by atoms with E-state index >= 15 is 0 Å². The van der Waals surface area contributed by atoms with Crippen LogP contribution >= 0.6 is 0 Å². The highest BCUT2D eigenvalue weighted by Gasteiger charge is 2.14. The Balaban J connectivity index is 1.57. The first-order chi connectivity index (χ1) is 15.6. The Hall–Kier alpha value is -4.00. The zero-order valence-electron chi connectivity index (χ0n) is 18.3. The Bertz CT molecular complexity index is 1230. The third-order valence-electron chi connectivity index (χ3n) is 5.29. The van der Waals surface area contributed by atoms with Crippen molar-refractivity contribution in [3.8, 4) is 17.2 Å². The number of carbonyl (C=O) groups excluding carboxylic acids is 1. The number of rotatable bonds is 8. The number of para-hydroxylation sites is 2. The topological polar surface area (TPSA) is 74.6 Å². The molecular weight excluding hydrogens is 406 g/mol. The summed E-state index contributed by atoms with van der Waals surface area (Å²) in [6, 6.07) is 21.0. The second-order valence-electron chi connectivity index (χ2n) is 7.20. The molecule has 4 rings (SSSR count). The average molecular weight is 431 g/mol. The number of nitrogens with zero attached hydrogens (tertiary/aromatic N) is 2. The summed E-state index contributed by atoms with van der Waals surface area (Å²) in [7, 11) is 4.75. The molecule has 1 heterocycles. The first-order valence-corrected chi connectivity index (χ1v) is 10.2. The first kappa shape index (κ1) is 21.2. The fraction of sp³-hybridized carbons (Fsp3) is 0.200. The van der Waals surface area contributed by atoms with E-state index in [-0.39, 0.29) is 12.5 Å². The fourth-order valence-corrected chi connectivity index (χ4v) is 3.59. The van der Waals surface area contributed by atoms with E-state index in [1.165, 1.54) is 0 Å². The summed E-state index contributed by atoms with van der Waals surface area (Å²) in [5.41, 5.74) is 3.50. The Labute approximate surface area is 186 Å². The molecule has 0 unspecified atom stereocenters. The Morgan fingerprint density at radius 2 is 1.66 bits per heavy atom. The van der Waals surface area contributed by atoms with Crippen LogP contribution in [0.1, 0.15) is 21.7 Å². The molecule has 0 aliphatic rings. The third kappa shape index (κ3) is 4.37. The van der Waals surface area contributed by atoms with Gasteiger partial charge in [0.25, 0.3) is 5.91 Å². The second-order valence-corrected chi connectivity index (χ2v) is 7.20. The number of fused-ring (bicyclic) bond motifs is 1. The standard InChI is InChI=1S/C25H25N3O4/c1-30-19-11-8-17(9-12-19)16-28-21-7-5-4-6-20(21)27-24(28)15-26-25(29)18-10-13-22(31-2)23(14-18)32-3/h4-14H,15-16H2,1-3H3,(H,26,29). The highest BCUT2D eigenvalue weighted by molar-refractivity contribution is 5.94. The number of benzene rings is 3. The molecule has 1 amide bonds. The Morgan fingerprint density at radius 1 is 0.906 bits per heavy atom. The molecule has 0 saturated heterocycles. The number of methoxy groups -OCH3 is 3. The van der Waals surface area contributed by atoms with E-state index in [1.807, 2.05) is 48.5 Å². The summed E-state index contributed by atoms with van der Waals surface area (Å²) in [5, 5.41) is 2.97. The van der Waals surface area contributed by atoms with E-state index in [4.69, 9.17) is 19.2 Å². The van der Waals surface area contributed by atoms with Gasteiger partial charge in [-0.1, -0.05) is 24.3 Å². The van der Waals surface area contributed by atoms with E-state index in [1.54, 1.807) is 39.5 Å². The van der Waals surface area contributed by atoms with E-state index in [2.05, 4.69) is 9.88 Å². The fourth-order valence-electron chi connectivity index (χ4n) is 3.59. The monoisotopic (exact) mass is 431 g/mol. The van der Waals surface area contributed by atoms with Crippen LogP contribution in [0.3, 0.4) is 0 Å². The molecule has 0 saturated carbocycles. The van der Waals surface area contributed by atoms with Gasteiger partial charge < -0.3 is 24.1 Å². The van der Waals surface area contributed by atoms with E-state index in [9.17, 15) is 4.79 Å². The van der Waals surface area contributed by atoms with Crippen LogP contribution in [0.15, 0.2) is 66.7 Å². The molecule has 1 N–H and O–H groups in total. The van der Waals surface area contributed by atoms with Gasteiger partial charge >= 0.3 is 0 Å². The highest BCUT2D eigenvalue weighted by atomic mass is 16.5. The summed E-state index contributed by atoms with van der Waals surface area (Å²) in [6.07, 6.45) is 0. The van der Waals surface area contributed by atoms with Crippen molar-refractivity contribution in [1.82, 2.24) is 14.9 Å². The predicted octanol–water partition coefficient (Wildman–Crippen LogP) is 4.04. The van der Waals surface area contributed by atoms with E-state index < -0.39 is 0 Å². The van der Waals surface area contributed by atoms with Gasteiger partial charge in [-0.15, -0.1) is 0 Å². The normalized spacial score (nSPS) is 10.7. The average Bonchev–Trinajstić information content (AvgIpc) is 3.19. The smallest absolute Gasteiger partial charge is 0.251 e. The minimum Gasteiger partial charge on any atom is -0.497 e. The second kappa shape index (κ2) is 9.43. The van der Waals surface area contributed by atoms with Gasteiger partial charge in [-0.3, -0.25) is 4.79 Å². The van der Waals surface area contributed by atoms with Crippen molar-refractivity contribution in [1.29, 1.82) is 0 Å². The van der Waals surface area contributed by atoms with E-state index in [0.29, 0.717) is 23.6 Å². The molecule has 4 aromatic rings. The van der Waals surface area contributed by atoms with Crippen LogP contribution in [0.2, 0.25) is 0 Å². The van der Waals surface area contributed by atoms with Crippen LogP contribution in [-0.4, -0.2) is 36.8 Å². The van der Waals surface area contributed by atoms with Crippen LogP contribution in [0.25, 0.3) is 11.0 Å². The minimum absolute atomic E-state index is 0.214. The predicted molar refractivity (Wildman–Crippen MR) is 123 cm³/mol. The lowest BCUT2D eigenvalue weighted by atomic mass is 10.2. The van der Waals surface area contributed by atoms with Crippen molar-refractivity contribution < 1.29 is 19.0 Å². The summed E-state index contributed by atoms with van der Waals surface area (Å²) < 4.78 is 17.9. The van der Waals surface area contributed by atoms with Gasteiger partial charge in [0, 0.05) is 12.1 Å². The molecule has 3 aromatic carbocycles. The number of ether oxygens (including phenoxy) is 3. The summed E-state index contributed by atoms with van der Waals surface area (Å²) >= 11 is 0. The molecule has 0 bridgehead atoms. The first-order valence-electron chi connectivity index (χ1n) is 10.2. The molecule has 0 radical (unpaired) electrons. The molecule has 164 valence electrons. The Kier molecular flexibility index (Phi) is 6.26. The van der Waals surface area contributed by atoms with Crippen molar-refractivity contribution in [2.75, 3.05) is 21.3 Å². The van der Waals surface area contributed by atoms with Crippen LogP contribution in [0.5, 0.6) is 17.2 Å². The molecule has 1 aromatic heterocycles. The number of aromatic nitrogens is 2. The highest BCUT2D eigenvalue weighted by Crippen LogP contribution is 2.27. The SMILES string of the molecule is COc1ccc(Cn2c(CNC(=O)c3ccc(OC)c(OC)c3)nc3ccccc32)cc1. The lowest BCUT2D eigenvalue weighted by molar-refractivity contribution is 0.0949. The summed E-state index contributed by atoms with van der Waals surface area (Å²) in [6.45, 7) is 0.921. The Morgan fingerprint density at radius 3 is 2.38 bits per heavy atom. The number of hydrogen-bond acceptors (Lipinski definition) is 5. The lowest BCUT2D eigenvalue weighted by Crippen LogP contribution is -2.25. The molecule has 32 heavy (non-hydrogen) atoms. The number of hydrogen-bond donors (Lipinski definition) is 1. The molecule has 0 fully saturated rings. The largest absolute Gasteiger partial charge is 0.497 e. The zero-order valence-corrected chi connectivity index (χ0v) is 18.3. The molecule has 0 atom stereocenters. The maximum absolute atomic E-state index is 12.8.